The predicted molar refractivity (Wildman–Crippen MR) is 123 cm³/mol. The number of benzene rings is 2. The Kier molecular flexibility index (Phi) is 5.42. The van der Waals surface area contributed by atoms with E-state index in [1.165, 1.54) is 0 Å². The SMILES string of the molecule is CCCC(=O)N1N=C(c2ccco2)CC1c1cn(-c2ccccc2)nc1-c1ccccc1. The van der Waals surface area contributed by atoms with Gasteiger partial charge in [0.15, 0.2) is 0 Å². The van der Waals surface area contributed by atoms with E-state index in [0.29, 0.717) is 18.6 Å². The maximum Gasteiger partial charge on any atom is 0.243 e. The molecule has 1 atom stereocenters. The molecular weight excluding hydrogens is 400 g/mol. The predicted octanol–water partition coefficient (Wildman–Crippen LogP) is 5.61. The van der Waals surface area contributed by atoms with Crippen molar-refractivity contribution in [1.29, 1.82) is 0 Å². The van der Waals surface area contributed by atoms with E-state index in [2.05, 4.69) is 0 Å². The minimum absolute atomic E-state index is 0.00512. The zero-order valence-corrected chi connectivity index (χ0v) is 17.9. The highest BCUT2D eigenvalue weighted by Gasteiger charge is 2.36. The highest BCUT2D eigenvalue weighted by Crippen LogP contribution is 2.38. The van der Waals surface area contributed by atoms with Gasteiger partial charge in [0.1, 0.15) is 11.5 Å². The third kappa shape index (κ3) is 3.75. The Bertz CT molecular complexity index is 1230. The topological polar surface area (TPSA) is 63.6 Å². The van der Waals surface area contributed by atoms with E-state index >= 15 is 0 Å². The molecule has 6 heteroatoms. The van der Waals surface area contributed by atoms with Gasteiger partial charge in [-0.15, -0.1) is 0 Å². The third-order valence-corrected chi connectivity index (χ3v) is 5.60. The van der Waals surface area contributed by atoms with E-state index in [4.69, 9.17) is 14.6 Å². The molecular formula is C26H24N4O2. The highest BCUT2D eigenvalue weighted by molar-refractivity contribution is 6.01. The number of hydrazone groups is 1. The Morgan fingerprint density at radius 2 is 1.78 bits per heavy atom. The first-order valence-corrected chi connectivity index (χ1v) is 10.9. The summed E-state index contributed by atoms with van der Waals surface area (Å²) in [7, 11) is 0. The Balaban J connectivity index is 1.61. The van der Waals surface area contributed by atoms with Gasteiger partial charge in [-0.25, -0.2) is 9.69 Å². The van der Waals surface area contributed by atoms with Crippen molar-refractivity contribution in [3.05, 3.63) is 96.6 Å². The fourth-order valence-electron chi connectivity index (χ4n) is 4.07. The van der Waals surface area contributed by atoms with Gasteiger partial charge in [-0.3, -0.25) is 4.79 Å². The summed E-state index contributed by atoms with van der Waals surface area (Å²) in [5.74, 6) is 0.698. The first kappa shape index (κ1) is 20.0. The van der Waals surface area contributed by atoms with Crippen LogP contribution in [0.15, 0.2) is 94.8 Å². The van der Waals surface area contributed by atoms with Crippen molar-refractivity contribution in [3.63, 3.8) is 0 Å². The molecule has 3 heterocycles. The molecule has 0 saturated heterocycles. The number of para-hydroxylation sites is 1. The number of furan rings is 1. The van der Waals surface area contributed by atoms with Crippen LogP contribution in [0.25, 0.3) is 16.9 Å². The van der Waals surface area contributed by atoms with Crippen molar-refractivity contribution in [1.82, 2.24) is 14.8 Å². The van der Waals surface area contributed by atoms with Gasteiger partial charge in [0.25, 0.3) is 0 Å². The average Bonchev–Trinajstić information content (AvgIpc) is 3.59. The average molecular weight is 425 g/mol. The van der Waals surface area contributed by atoms with Crippen LogP contribution in [0.5, 0.6) is 0 Å². The van der Waals surface area contributed by atoms with Crippen LogP contribution >= 0.6 is 0 Å². The lowest BCUT2D eigenvalue weighted by molar-refractivity contribution is -0.133. The molecule has 2 aromatic heterocycles. The molecule has 5 rings (SSSR count). The van der Waals surface area contributed by atoms with Crippen LogP contribution in [-0.4, -0.2) is 26.4 Å². The van der Waals surface area contributed by atoms with E-state index in [9.17, 15) is 4.79 Å². The van der Waals surface area contributed by atoms with Gasteiger partial charge in [0.05, 0.1) is 23.7 Å². The largest absolute Gasteiger partial charge is 0.463 e. The molecule has 1 amide bonds. The van der Waals surface area contributed by atoms with Crippen LogP contribution < -0.4 is 0 Å². The number of carbonyl (C=O) groups is 1. The Morgan fingerprint density at radius 1 is 1.03 bits per heavy atom. The Hall–Kier alpha value is -3.93. The van der Waals surface area contributed by atoms with E-state index < -0.39 is 0 Å². The van der Waals surface area contributed by atoms with Gasteiger partial charge in [-0.2, -0.15) is 10.2 Å². The van der Waals surface area contributed by atoms with Crippen LogP contribution in [-0.2, 0) is 4.79 Å². The molecule has 1 aliphatic rings. The van der Waals surface area contributed by atoms with Crippen LogP contribution in [0.4, 0.5) is 0 Å². The molecule has 0 N–H and O–H groups in total. The summed E-state index contributed by atoms with van der Waals surface area (Å²) >= 11 is 0. The first-order chi connectivity index (χ1) is 15.7. The van der Waals surface area contributed by atoms with Crippen molar-refractivity contribution in [2.45, 2.75) is 32.2 Å². The fraction of sp³-hybridized carbons (Fsp3) is 0.192. The second-order valence-electron chi connectivity index (χ2n) is 7.81. The lowest BCUT2D eigenvalue weighted by Crippen LogP contribution is -2.26. The van der Waals surface area contributed by atoms with Crippen molar-refractivity contribution in [2.24, 2.45) is 5.10 Å². The summed E-state index contributed by atoms with van der Waals surface area (Å²) in [5.41, 5.74) is 4.56. The molecule has 160 valence electrons. The van der Waals surface area contributed by atoms with E-state index in [0.717, 1.165) is 34.6 Å². The molecule has 32 heavy (non-hydrogen) atoms. The normalized spacial score (nSPS) is 15.7. The number of rotatable bonds is 6. The molecule has 1 unspecified atom stereocenters. The van der Waals surface area contributed by atoms with Crippen molar-refractivity contribution < 1.29 is 9.21 Å². The molecule has 2 aromatic carbocycles. The van der Waals surface area contributed by atoms with Gasteiger partial charge >= 0.3 is 0 Å². The molecule has 0 spiro atoms. The standard InChI is InChI=1S/C26H24N4O2/c1-2-10-25(31)30-23(17-22(27-30)24-15-9-16-32-24)21-18-29(20-13-7-4-8-14-20)28-26(21)19-11-5-3-6-12-19/h3-9,11-16,18,23H,2,10,17H2,1H3. The second kappa shape index (κ2) is 8.67. The van der Waals surface area contributed by atoms with Gasteiger partial charge < -0.3 is 4.42 Å². The quantitative estimate of drug-likeness (QED) is 0.404. The van der Waals surface area contributed by atoms with Crippen LogP contribution in [0.2, 0.25) is 0 Å². The van der Waals surface area contributed by atoms with E-state index in [-0.39, 0.29) is 11.9 Å². The summed E-state index contributed by atoms with van der Waals surface area (Å²) in [6, 6.07) is 23.6. The first-order valence-electron chi connectivity index (χ1n) is 10.9. The Morgan fingerprint density at radius 3 is 2.47 bits per heavy atom. The van der Waals surface area contributed by atoms with Crippen LogP contribution in [0.3, 0.4) is 0 Å². The van der Waals surface area contributed by atoms with Gasteiger partial charge in [-0.05, 0) is 30.7 Å². The minimum atomic E-state index is -0.248. The smallest absolute Gasteiger partial charge is 0.243 e. The summed E-state index contributed by atoms with van der Waals surface area (Å²) in [5, 5.41) is 11.2. The van der Waals surface area contributed by atoms with E-state index in [1.54, 1.807) is 11.3 Å². The van der Waals surface area contributed by atoms with Crippen molar-refractivity contribution in [2.75, 3.05) is 0 Å². The van der Waals surface area contributed by atoms with E-state index in [1.807, 2.05) is 90.6 Å². The van der Waals surface area contributed by atoms with Gasteiger partial charge in [-0.1, -0.05) is 55.5 Å². The van der Waals surface area contributed by atoms with Gasteiger partial charge in [0, 0.05) is 30.2 Å². The molecule has 0 bridgehead atoms. The number of carbonyl (C=O) groups excluding carboxylic acids is 1. The number of hydrogen-bond donors (Lipinski definition) is 0. The number of nitrogens with zero attached hydrogens (tertiary/aromatic N) is 4. The summed E-state index contributed by atoms with van der Waals surface area (Å²) in [6.45, 7) is 2.00. The maximum absolute atomic E-state index is 13.0. The number of aromatic nitrogens is 2. The lowest BCUT2D eigenvalue weighted by atomic mass is 9.98. The summed E-state index contributed by atoms with van der Waals surface area (Å²) in [6.07, 6.45) is 5.44. The monoisotopic (exact) mass is 424 g/mol. The molecule has 0 aliphatic carbocycles. The van der Waals surface area contributed by atoms with Crippen LogP contribution in [0.1, 0.15) is 43.6 Å². The molecule has 1 aliphatic heterocycles. The zero-order chi connectivity index (χ0) is 21.9. The molecule has 4 aromatic rings. The summed E-state index contributed by atoms with van der Waals surface area (Å²) in [4.78, 5) is 13.0. The molecule has 0 radical (unpaired) electrons. The fourth-order valence-corrected chi connectivity index (χ4v) is 4.07. The lowest BCUT2D eigenvalue weighted by Gasteiger charge is -2.21. The zero-order valence-electron chi connectivity index (χ0n) is 17.9. The molecule has 6 nitrogen and oxygen atoms in total. The van der Waals surface area contributed by atoms with Crippen LogP contribution in [0, 0.1) is 0 Å². The number of hydrogen-bond acceptors (Lipinski definition) is 4. The number of amides is 1. The Labute approximate surface area is 186 Å². The summed E-state index contributed by atoms with van der Waals surface area (Å²) < 4.78 is 7.47. The van der Waals surface area contributed by atoms with Crippen molar-refractivity contribution >= 4 is 11.6 Å². The third-order valence-electron chi connectivity index (χ3n) is 5.60. The van der Waals surface area contributed by atoms with Gasteiger partial charge in [0.2, 0.25) is 5.91 Å². The highest BCUT2D eigenvalue weighted by atomic mass is 16.3. The molecule has 0 fully saturated rings. The second-order valence-corrected chi connectivity index (χ2v) is 7.81. The minimum Gasteiger partial charge on any atom is -0.463 e. The van der Waals surface area contributed by atoms with Crippen molar-refractivity contribution in [3.8, 4) is 16.9 Å². The molecule has 0 saturated carbocycles. The maximum atomic E-state index is 13.0.